The standard InChI is InChI=1S/C21H28N2O3/c1-3-18(14-25-2)22-21(24)19-13-20(26-23-19)17-11-9-16(10-12-17)15-7-5-4-6-8-15/h9-13,15,18H,3-8,14H2,1-2H3,(H,22,24)/t18-/m1/s1. The second kappa shape index (κ2) is 8.99. The second-order valence-corrected chi connectivity index (χ2v) is 7.07. The molecule has 1 aromatic heterocycles. The minimum absolute atomic E-state index is 0.0255. The van der Waals surface area contributed by atoms with Crippen molar-refractivity contribution in [3.05, 3.63) is 41.6 Å². The molecule has 3 rings (SSSR count). The normalized spacial score (nSPS) is 16.4. The number of amides is 1. The number of nitrogens with one attached hydrogen (secondary N) is 1. The summed E-state index contributed by atoms with van der Waals surface area (Å²) in [5.74, 6) is 1.06. The van der Waals surface area contributed by atoms with Crippen molar-refractivity contribution in [3.8, 4) is 11.3 Å². The molecule has 140 valence electrons. The highest BCUT2D eigenvalue weighted by Crippen LogP contribution is 2.33. The first kappa shape index (κ1) is 18.6. The van der Waals surface area contributed by atoms with Gasteiger partial charge in [-0.15, -0.1) is 0 Å². The monoisotopic (exact) mass is 356 g/mol. The van der Waals surface area contributed by atoms with Crippen molar-refractivity contribution >= 4 is 5.91 Å². The molecule has 26 heavy (non-hydrogen) atoms. The Hall–Kier alpha value is -2.14. The molecular weight excluding hydrogens is 328 g/mol. The minimum Gasteiger partial charge on any atom is -0.383 e. The van der Waals surface area contributed by atoms with Gasteiger partial charge in [0.15, 0.2) is 11.5 Å². The van der Waals surface area contributed by atoms with Crippen LogP contribution < -0.4 is 5.32 Å². The van der Waals surface area contributed by atoms with E-state index in [0.717, 1.165) is 12.0 Å². The Labute approximate surface area is 155 Å². The SMILES string of the molecule is CC[C@H](COC)NC(=O)c1cc(-c2ccc(C3CCCCC3)cc2)on1. The van der Waals surface area contributed by atoms with Crippen LogP contribution in [0.2, 0.25) is 0 Å². The lowest BCUT2D eigenvalue weighted by Gasteiger charge is -2.21. The number of nitrogens with zero attached hydrogens (tertiary/aromatic N) is 1. The van der Waals surface area contributed by atoms with Crippen molar-refractivity contribution in [2.75, 3.05) is 13.7 Å². The highest BCUT2D eigenvalue weighted by molar-refractivity contribution is 5.93. The van der Waals surface area contributed by atoms with E-state index >= 15 is 0 Å². The third-order valence-corrected chi connectivity index (χ3v) is 5.21. The van der Waals surface area contributed by atoms with E-state index in [2.05, 4.69) is 34.7 Å². The summed E-state index contributed by atoms with van der Waals surface area (Å²) >= 11 is 0. The maximum atomic E-state index is 12.3. The first-order valence-electron chi connectivity index (χ1n) is 9.58. The van der Waals surface area contributed by atoms with Gasteiger partial charge in [0.2, 0.25) is 0 Å². The Morgan fingerprint density at radius 3 is 2.65 bits per heavy atom. The van der Waals surface area contributed by atoms with Crippen molar-refractivity contribution in [1.82, 2.24) is 10.5 Å². The Morgan fingerprint density at radius 1 is 1.27 bits per heavy atom. The largest absolute Gasteiger partial charge is 0.383 e. The van der Waals surface area contributed by atoms with Crippen molar-refractivity contribution in [2.24, 2.45) is 0 Å². The zero-order valence-corrected chi connectivity index (χ0v) is 15.7. The molecule has 1 fully saturated rings. The Kier molecular flexibility index (Phi) is 6.45. The van der Waals surface area contributed by atoms with E-state index < -0.39 is 0 Å². The van der Waals surface area contributed by atoms with E-state index in [-0.39, 0.29) is 11.9 Å². The van der Waals surface area contributed by atoms with Crippen LogP contribution in [0.1, 0.15) is 67.4 Å². The average Bonchev–Trinajstić information content (AvgIpc) is 3.19. The number of methoxy groups -OCH3 is 1. The summed E-state index contributed by atoms with van der Waals surface area (Å²) in [6.45, 7) is 2.49. The Balaban J connectivity index is 1.66. The molecule has 1 atom stereocenters. The summed E-state index contributed by atoms with van der Waals surface area (Å²) < 4.78 is 10.5. The predicted molar refractivity (Wildman–Crippen MR) is 101 cm³/mol. The van der Waals surface area contributed by atoms with Gasteiger partial charge >= 0.3 is 0 Å². The molecular formula is C21H28N2O3. The summed E-state index contributed by atoms with van der Waals surface area (Å²) in [5, 5.41) is 6.84. The fourth-order valence-corrected chi connectivity index (χ4v) is 3.60. The van der Waals surface area contributed by atoms with Gasteiger partial charge in [-0.25, -0.2) is 0 Å². The van der Waals surface area contributed by atoms with E-state index in [9.17, 15) is 4.79 Å². The van der Waals surface area contributed by atoms with Gasteiger partial charge in [0, 0.05) is 18.7 Å². The van der Waals surface area contributed by atoms with Crippen LogP contribution in [0.3, 0.4) is 0 Å². The topological polar surface area (TPSA) is 64.4 Å². The Morgan fingerprint density at radius 2 is 2.00 bits per heavy atom. The molecule has 1 amide bonds. The van der Waals surface area contributed by atoms with Gasteiger partial charge < -0.3 is 14.6 Å². The average molecular weight is 356 g/mol. The molecule has 2 aromatic rings. The number of hydrogen-bond acceptors (Lipinski definition) is 4. The van der Waals surface area contributed by atoms with E-state index in [0.29, 0.717) is 24.0 Å². The maximum Gasteiger partial charge on any atom is 0.273 e. The summed E-state index contributed by atoms with van der Waals surface area (Å²) in [6, 6.07) is 10.2. The van der Waals surface area contributed by atoms with Gasteiger partial charge in [-0.3, -0.25) is 4.79 Å². The lowest BCUT2D eigenvalue weighted by Crippen LogP contribution is -2.37. The molecule has 1 saturated carbocycles. The molecule has 0 bridgehead atoms. The molecule has 0 aliphatic heterocycles. The molecule has 5 nitrogen and oxygen atoms in total. The van der Waals surface area contributed by atoms with E-state index in [4.69, 9.17) is 9.26 Å². The van der Waals surface area contributed by atoms with Crippen LogP contribution in [-0.2, 0) is 4.74 Å². The summed E-state index contributed by atoms with van der Waals surface area (Å²) in [6.07, 6.45) is 7.38. The van der Waals surface area contributed by atoms with Gasteiger partial charge in [0.1, 0.15) is 0 Å². The van der Waals surface area contributed by atoms with Crippen molar-refractivity contribution in [3.63, 3.8) is 0 Å². The molecule has 1 N–H and O–H groups in total. The maximum absolute atomic E-state index is 12.3. The minimum atomic E-state index is -0.234. The lowest BCUT2D eigenvalue weighted by atomic mass is 9.84. The van der Waals surface area contributed by atoms with Gasteiger partial charge in [0.25, 0.3) is 5.91 Å². The van der Waals surface area contributed by atoms with Crippen LogP contribution in [0.5, 0.6) is 0 Å². The smallest absolute Gasteiger partial charge is 0.273 e. The molecule has 5 heteroatoms. The van der Waals surface area contributed by atoms with Crippen LogP contribution >= 0.6 is 0 Å². The van der Waals surface area contributed by atoms with Gasteiger partial charge in [-0.2, -0.15) is 0 Å². The van der Waals surface area contributed by atoms with Crippen LogP contribution in [0.15, 0.2) is 34.9 Å². The highest BCUT2D eigenvalue weighted by atomic mass is 16.5. The van der Waals surface area contributed by atoms with E-state index in [1.54, 1.807) is 13.2 Å². The van der Waals surface area contributed by atoms with Crippen molar-refractivity contribution in [1.29, 1.82) is 0 Å². The summed E-state index contributed by atoms with van der Waals surface area (Å²) in [5.41, 5.74) is 2.64. The fourth-order valence-electron chi connectivity index (χ4n) is 3.60. The highest BCUT2D eigenvalue weighted by Gasteiger charge is 2.18. The summed E-state index contributed by atoms with van der Waals surface area (Å²) in [7, 11) is 1.63. The van der Waals surface area contributed by atoms with Crippen molar-refractivity contribution < 1.29 is 14.1 Å². The molecule has 0 unspecified atom stereocenters. The van der Waals surface area contributed by atoms with Crippen LogP contribution in [0, 0.1) is 0 Å². The van der Waals surface area contributed by atoms with Crippen LogP contribution in [-0.4, -0.2) is 30.8 Å². The zero-order chi connectivity index (χ0) is 18.4. The predicted octanol–water partition coefficient (Wildman–Crippen LogP) is 4.54. The molecule has 1 aliphatic rings. The van der Waals surface area contributed by atoms with E-state index in [1.807, 2.05) is 6.92 Å². The number of ether oxygens (including phenoxy) is 1. The molecule has 1 aromatic carbocycles. The first-order valence-corrected chi connectivity index (χ1v) is 9.58. The number of rotatable bonds is 7. The quantitative estimate of drug-likeness (QED) is 0.791. The third-order valence-electron chi connectivity index (χ3n) is 5.21. The Bertz CT molecular complexity index is 702. The van der Waals surface area contributed by atoms with Gasteiger partial charge in [-0.1, -0.05) is 55.6 Å². The molecule has 0 spiro atoms. The zero-order valence-electron chi connectivity index (χ0n) is 15.7. The molecule has 0 radical (unpaired) electrons. The second-order valence-electron chi connectivity index (χ2n) is 7.07. The van der Waals surface area contributed by atoms with Gasteiger partial charge in [-0.05, 0) is 30.7 Å². The van der Waals surface area contributed by atoms with E-state index in [1.165, 1.54) is 37.7 Å². The molecule has 1 aliphatic carbocycles. The number of benzene rings is 1. The fraction of sp³-hybridized carbons (Fsp3) is 0.524. The molecule has 1 heterocycles. The third kappa shape index (κ3) is 4.52. The number of carbonyl (C=O) groups is 1. The number of aromatic nitrogens is 1. The van der Waals surface area contributed by atoms with Crippen LogP contribution in [0.25, 0.3) is 11.3 Å². The lowest BCUT2D eigenvalue weighted by molar-refractivity contribution is 0.0885. The van der Waals surface area contributed by atoms with Gasteiger partial charge in [0.05, 0.1) is 12.6 Å². The summed E-state index contributed by atoms with van der Waals surface area (Å²) in [4.78, 5) is 12.3. The number of hydrogen-bond donors (Lipinski definition) is 1. The van der Waals surface area contributed by atoms with Crippen molar-refractivity contribution in [2.45, 2.75) is 57.4 Å². The number of carbonyl (C=O) groups excluding carboxylic acids is 1. The molecule has 0 saturated heterocycles. The van der Waals surface area contributed by atoms with Crippen LogP contribution in [0.4, 0.5) is 0 Å². The first-order chi connectivity index (χ1) is 12.7.